The van der Waals surface area contributed by atoms with Crippen molar-refractivity contribution in [3.8, 4) is 0 Å². The molecule has 74 valence electrons. The lowest BCUT2D eigenvalue weighted by atomic mass is 10.3. The van der Waals surface area contributed by atoms with Crippen molar-refractivity contribution in [1.82, 2.24) is 0 Å². The van der Waals surface area contributed by atoms with E-state index in [4.69, 9.17) is 9.84 Å². The Kier molecular flexibility index (Phi) is 6.59. The summed E-state index contributed by atoms with van der Waals surface area (Å²) in [6.07, 6.45) is 4.28. The van der Waals surface area contributed by atoms with E-state index in [2.05, 4.69) is 0 Å². The van der Waals surface area contributed by atoms with E-state index >= 15 is 0 Å². The Morgan fingerprint density at radius 1 is 1.31 bits per heavy atom. The normalized spacial score (nSPS) is 10.2. The van der Waals surface area contributed by atoms with Gasteiger partial charge in [-0.2, -0.15) is 0 Å². The molecule has 0 bridgehead atoms. The molecule has 0 rings (SSSR count). The summed E-state index contributed by atoms with van der Waals surface area (Å²) >= 11 is 0. The Balaban J connectivity index is 3.41. The lowest BCUT2D eigenvalue weighted by Crippen LogP contribution is -2.07. The Hall–Kier alpha value is -1.32. The van der Waals surface area contributed by atoms with Gasteiger partial charge in [-0.1, -0.05) is 19.1 Å². The first-order valence-corrected chi connectivity index (χ1v) is 4.19. The largest absolute Gasteiger partial charge is 0.481 e. The first-order chi connectivity index (χ1) is 6.16. The van der Waals surface area contributed by atoms with Crippen molar-refractivity contribution in [1.29, 1.82) is 0 Å². The smallest absolute Gasteiger partial charge is 0.306 e. The van der Waals surface area contributed by atoms with Gasteiger partial charge < -0.3 is 9.84 Å². The van der Waals surface area contributed by atoms with Crippen LogP contribution in [-0.4, -0.2) is 23.7 Å². The molecule has 0 heterocycles. The van der Waals surface area contributed by atoms with E-state index in [1.165, 1.54) is 0 Å². The van der Waals surface area contributed by atoms with Crippen LogP contribution in [0.25, 0.3) is 0 Å². The summed E-state index contributed by atoms with van der Waals surface area (Å²) < 4.78 is 4.71. The van der Waals surface area contributed by atoms with E-state index in [0.717, 1.165) is 6.42 Å². The van der Waals surface area contributed by atoms with Crippen LogP contribution in [0.1, 0.15) is 26.2 Å². The quantitative estimate of drug-likeness (QED) is 0.502. The Bertz CT molecular complexity index is 196. The Labute approximate surface area is 77.2 Å². The molecule has 0 aliphatic heterocycles. The van der Waals surface area contributed by atoms with Crippen LogP contribution in [0.2, 0.25) is 0 Å². The summed E-state index contributed by atoms with van der Waals surface area (Å²) in [4.78, 5) is 20.8. The number of ether oxygens (including phenoxy) is 1. The predicted octanol–water partition coefficient (Wildman–Crippen LogP) is 1.36. The average Bonchev–Trinajstić information content (AvgIpc) is 2.09. The van der Waals surface area contributed by atoms with Crippen molar-refractivity contribution in [3.05, 3.63) is 12.2 Å². The number of carboxylic acids is 1. The van der Waals surface area contributed by atoms with Crippen LogP contribution >= 0.6 is 0 Å². The van der Waals surface area contributed by atoms with Crippen LogP contribution in [0.5, 0.6) is 0 Å². The van der Waals surface area contributed by atoms with E-state index in [0.29, 0.717) is 0 Å². The van der Waals surface area contributed by atoms with Crippen LogP contribution in [0, 0.1) is 0 Å². The zero-order valence-electron chi connectivity index (χ0n) is 7.66. The summed E-state index contributed by atoms with van der Waals surface area (Å²) in [6, 6.07) is 0. The van der Waals surface area contributed by atoms with Gasteiger partial charge in [-0.25, -0.2) is 0 Å². The van der Waals surface area contributed by atoms with Gasteiger partial charge in [0.1, 0.15) is 6.61 Å². The highest BCUT2D eigenvalue weighted by Gasteiger charge is 2.04. The fraction of sp³-hybridized carbons (Fsp3) is 0.556. The zero-order chi connectivity index (χ0) is 10.1. The van der Waals surface area contributed by atoms with E-state index in [9.17, 15) is 9.59 Å². The molecule has 0 amide bonds. The molecule has 0 saturated carbocycles. The van der Waals surface area contributed by atoms with Crippen LogP contribution in [0.4, 0.5) is 0 Å². The molecule has 0 saturated heterocycles. The topological polar surface area (TPSA) is 63.6 Å². The van der Waals surface area contributed by atoms with Crippen molar-refractivity contribution in [3.63, 3.8) is 0 Å². The van der Waals surface area contributed by atoms with Gasteiger partial charge in [0.2, 0.25) is 0 Å². The predicted molar refractivity (Wildman–Crippen MR) is 47.3 cm³/mol. The summed E-state index contributed by atoms with van der Waals surface area (Å²) in [6.45, 7) is 2.20. The highest BCUT2D eigenvalue weighted by atomic mass is 16.5. The lowest BCUT2D eigenvalue weighted by molar-refractivity contribution is -0.146. The third-order valence-corrected chi connectivity index (χ3v) is 1.29. The first kappa shape index (κ1) is 11.7. The van der Waals surface area contributed by atoms with Crippen LogP contribution in [0.3, 0.4) is 0 Å². The number of rotatable bonds is 6. The van der Waals surface area contributed by atoms with Crippen LogP contribution in [-0.2, 0) is 14.3 Å². The van der Waals surface area contributed by atoms with Crippen molar-refractivity contribution in [2.24, 2.45) is 0 Å². The van der Waals surface area contributed by atoms with Crippen molar-refractivity contribution in [2.45, 2.75) is 26.2 Å². The van der Waals surface area contributed by atoms with Gasteiger partial charge in [0.15, 0.2) is 0 Å². The number of allylic oxidation sites excluding steroid dienone is 1. The second kappa shape index (κ2) is 7.34. The van der Waals surface area contributed by atoms with Crippen molar-refractivity contribution >= 4 is 11.9 Å². The van der Waals surface area contributed by atoms with Crippen molar-refractivity contribution in [2.75, 3.05) is 6.61 Å². The van der Waals surface area contributed by atoms with Gasteiger partial charge in [0.05, 0.1) is 12.8 Å². The molecule has 0 unspecified atom stereocenters. The molecule has 0 aromatic rings. The van der Waals surface area contributed by atoms with Crippen molar-refractivity contribution < 1.29 is 19.4 Å². The van der Waals surface area contributed by atoms with E-state index in [-0.39, 0.29) is 19.4 Å². The number of carbonyl (C=O) groups is 2. The molecule has 0 aromatic heterocycles. The van der Waals surface area contributed by atoms with E-state index < -0.39 is 11.9 Å². The van der Waals surface area contributed by atoms with Gasteiger partial charge in [-0.3, -0.25) is 9.59 Å². The summed E-state index contributed by atoms with van der Waals surface area (Å²) in [5.41, 5.74) is 0. The number of esters is 1. The minimum absolute atomic E-state index is 0.0602. The number of carboxylic acid groups (broad SMARTS) is 1. The standard InChI is InChI=1S/C9H14O4/c1-2-3-4-7-13-9(12)6-5-8(10)11/h3-4H,2,5-7H2,1H3,(H,10,11). The van der Waals surface area contributed by atoms with Crippen LogP contribution < -0.4 is 0 Å². The molecule has 0 aliphatic rings. The minimum atomic E-state index is -0.985. The molecule has 4 heteroatoms. The Morgan fingerprint density at radius 3 is 2.54 bits per heavy atom. The van der Waals surface area contributed by atoms with Crippen LogP contribution in [0.15, 0.2) is 12.2 Å². The van der Waals surface area contributed by atoms with Gasteiger partial charge in [0, 0.05) is 0 Å². The Morgan fingerprint density at radius 2 is 2.00 bits per heavy atom. The summed E-state index contributed by atoms with van der Waals surface area (Å²) in [5, 5.41) is 8.25. The first-order valence-electron chi connectivity index (χ1n) is 4.19. The maximum atomic E-state index is 10.8. The average molecular weight is 186 g/mol. The molecule has 0 fully saturated rings. The lowest BCUT2D eigenvalue weighted by Gasteiger charge is -1.98. The molecular weight excluding hydrogens is 172 g/mol. The molecule has 0 radical (unpaired) electrons. The summed E-state index contributed by atoms with van der Waals surface area (Å²) in [7, 11) is 0. The minimum Gasteiger partial charge on any atom is -0.481 e. The number of hydrogen-bond donors (Lipinski definition) is 1. The van der Waals surface area contributed by atoms with Gasteiger partial charge in [-0.05, 0) is 6.42 Å². The third-order valence-electron chi connectivity index (χ3n) is 1.29. The number of hydrogen-bond acceptors (Lipinski definition) is 3. The maximum Gasteiger partial charge on any atom is 0.306 e. The third kappa shape index (κ3) is 8.59. The number of carbonyl (C=O) groups excluding carboxylic acids is 1. The molecule has 1 N–H and O–H groups in total. The highest BCUT2D eigenvalue weighted by Crippen LogP contribution is 1.93. The molecule has 0 spiro atoms. The molecule has 13 heavy (non-hydrogen) atoms. The second-order valence-electron chi connectivity index (χ2n) is 2.46. The molecule has 0 atom stereocenters. The number of aliphatic carboxylic acids is 1. The van der Waals surface area contributed by atoms with Gasteiger partial charge in [0.25, 0.3) is 0 Å². The monoisotopic (exact) mass is 186 g/mol. The molecule has 0 aromatic carbocycles. The fourth-order valence-corrected chi connectivity index (χ4v) is 0.657. The van der Waals surface area contributed by atoms with E-state index in [1.54, 1.807) is 6.08 Å². The van der Waals surface area contributed by atoms with Gasteiger partial charge in [-0.15, -0.1) is 0 Å². The van der Waals surface area contributed by atoms with Gasteiger partial charge >= 0.3 is 11.9 Å². The molecule has 0 aliphatic carbocycles. The van der Waals surface area contributed by atoms with E-state index in [1.807, 2.05) is 13.0 Å². The fourth-order valence-electron chi connectivity index (χ4n) is 0.657. The summed E-state index contributed by atoms with van der Waals surface area (Å²) in [5.74, 6) is -1.45. The molecule has 4 nitrogen and oxygen atoms in total. The zero-order valence-corrected chi connectivity index (χ0v) is 7.66. The second-order valence-corrected chi connectivity index (χ2v) is 2.46. The SMILES string of the molecule is CCC=CCOC(=O)CCC(=O)O. The highest BCUT2D eigenvalue weighted by molar-refractivity contribution is 5.76. The maximum absolute atomic E-state index is 10.8. The molecular formula is C9H14O4.